The maximum atomic E-state index is 13.1. The standard InChI is InChI=1S/C21H25N7O2/c1-4-15-9-17(20-23-22-12-27(20)24-15)26-10-13-8-14(11-26)19(21(30)25(2)3)28-16(13)6-5-7-18(28)29/h5-7,9,12-14,19H,4,8,10-11H2,1-3H3/t13-,14+,19-/m1/s1. The van der Waals surface area contributed by atoms with E-state index in [2.05, 4.69) is 33.2 Å². The van der Waals surface area contributed by atoms with Gasteiger partial charge in [0.2, 0.25) is 11.6 Å². The zero-order chi connectivity index (χ0) is 21.0. The van der Waals surface area contributed by atoms with E-state index < -0.39 is 6.04 Å². The van der Waals surface area contributed by atoms with Crippen molar-refractivity contribution in [3.05, 3.63) is 52.3 Å². The summed E-state index contributed by atoms with van der Waals surface area (Å²) < 4.78 is 3.45. The Morgan fingerprint density at radius 3 is 2.87 bits per heavy atom. The monoisotopic (exact) mass is 407 g/mol. The van der Waals surface area contributed by atoms with Crippen molar-refractivity contribution >= 4 is 17.2 Å². The topological polar surface area (TPSA) is 88.6 Å². The van der Waals surface area contributed by atoms with E-state index in [0.29, 0.717) is 12.2 Å². The first-order valence-corrected chi connectivity index (χ1v) is 10.4. The number of piperidine rings is 1. The number of likely N-dealkylation sites (N-methyl/N-ethyl adjacent to an activating group) is 1. The second-order valence-corrected chi connectivity index (χ2v) is 8.41. The lowest BCUT2D eigenvalue weighted by molar-refractivity contribution is -0.134. The largest absolute Gasteiger partial charge is 0.367 e. The Morgan fingerprint density at radius 2 is 2.10 bits per heavy atom. The zero-order valence-corrected chi connectivity index (χ0v) is 17.4. The number of aromatic nitrogens is 5. The Morgan fingerprint density at radius 1 is 1.27 bits per heavy atom. The molecule has 2 aliphatic rings. The van der Waals surface area contributed by atoms with E-state index >= 15 is 0 Å². The summed E-state index contributed by atoms with van der Waals surface area (Å²) in [6.07, 6.45) is 3.32. The molecule has 2 bridgehead atoms. The van der Waals surface area contributed by atoms with Crippen LogP contribution in [0.1, 0.15) is 36.7 Å². The third kappa shape index (κ3) is 2.79. The van der Waals surface area contributed by atoms with Crippen LogP contribution in [0.3, 0.4) is 0 Å². The summed E-state index contributed by atoms with van der Waals surface area (Å²) in [7, 11) is 3.50. The molecule has 9 heteroatoms. The van der Waals surface area contributed by atoms with Crippen LogP contribution < -0.4 is 10.5 Å². The van der Waals surface area contributed by atoms with Gasteiger partial charge in [-0.05, 0) is 25.0 Å². The lowest BCUT2D eigenvalue weighted by Crippen LogP contribution is -2.53. The van der Waals surface area contributed by atoms with E-state index in [1.54, 1.807) is 46.5 Å². The van der Waals surface area contributed by atoms with Crippen LogP contribution in [-0.4, -0.2) is 62.4 Å². The molecule has 3 atom stereocenters. The number of carbonyl (C=O) groups excluding carboxylic acids is 1. The zero-order valence-electron chi connectivity index (χ0n) is 17.4. The fourth-order valence-corrected chi connectivity index (χ4v) is 4.98. The lowest BCUT2D eigenvalue weighted by atomic mass is 9.78. The van der Waals surface area contributed by atoms with Crippen molar-refractivity contribution < 1.29 is 4.79 Å². The molecule has 5 rings (SSSR count). The summed E-state index contributed by atoms with van der Waals surface area (Å²) in [5.41, 5.74) is 3.49. The summed E-state index contributed by atoms with van der Waals surface area (Å²) in [6.45, 7) is 3.51. The molecule has 0 radical (unpaired) electrons. The van der Waals surface area contributed by atoms with Gasteiger partial charge < -0.3 is 9.80 Å². The van der Waals surface area contributed by atoms with Crippen molar-refractivity contribution in [3.63, 3.8) is 0 Å². The normalized spacial score (nSPS) is 22.8. The van der Waals surface area contributed by atoms with E-state index in [4.69, 9.17) is 0 Å². The second kappa shape index (κ2) is 6.93. The first kappa shape index (κ1) is 18.8. The van der Waals surface area contributed by atoms with Crippen LogP contribution in [0.15, 0.2) is 35.4 Å². The van der Waals surface area contributed by atoms with Crippen molar-refractivity contribution in [1.82, 2.24) is 29.3 Å². The van der Waals surface area contributed by atoms with Crippen molar-refractivity contribution in [2.75, 3.05) is 32.1 Å². The van der Waals surface area contributed by atoms with Crippen LogP contribution in [0, 0.1) is 5.92 Å². The Balaban J connectivity index is 1.63. The van der Waals surface area contributed by atoms with Gasteiger partial charge in [0.15, 0.2) is 0 Å². The highest BCUT2D eigenvalue weighted by atomic mass is 16.2. The van der Waals surface area contributed by atoms with Gasteiger partial charge in [-0.25, -0.2) is 0 Å². The van der Waals surface area contributed by atoms with Gasteiger partial charge in [0.25, 0.3) is 5.56 Å². The predicted octanol–water partition coefficient (Wildman–Crippen LogP) is 1.10. The molecule has 5 heterocycles. The average Bonchev–Trinajstić information content (AvgIpc) is 3.22. The Labute approximate surface area is 173 Å². The van der Waals surface area contributed by atoms with E-state index in [0.717, 1.165) is 36.5 Å². The maximum Gasteiger partial charge on any atom is 0.251 e. The highest BCUT2D eigenvalue weighted by Crippen LogP contribution is 2.43. The van der Waals surface area contributed by atoms with Crippen LogP contribution in [0.4, 0.5) is 5.69 Å². The quantitative estimate of drug-likeness (QED) is 0.646. The van der Waals surface area contributed by atoms with E-state index in [-0.39, 0.29) is 23.3 Å². The first-order valence-electron chi connectivity index (χ1n) is 10.4. The van der Waals surface area contributed by atoms with Gasteiger partial charge in [-0.1, -0.05) is 13.0 Å². The number of aryl methyl sites for hydroxylation is 1. The number of amides is 1. The molecular formula is C21H25N7O2. The molecule has 0 spiro atoms. The fourth-order valence-electron chi connectivity index (χ4n) is 4.98. The molecule has 0 aliphatic carbocycles. The van der Waals surface area contributed by atoms with Crippen molar-refractivity contribution in [2.45, 2.75) is 31.7 Å². The van der Waals surface area contributed by atoms with Gasteiger partial charge in [0, 0.05) is 50.8 Å². The third-order valence-electron chi connectivity index (χ3n) is 6.34. The van der Waals surface area contributed by atoms with Gasteiger partial charge in [-0.3, -0.25) is 14.2 Å². The van der Waals surface area contributed by atoms with E-state index in [1.807, 2.05) is 6.07 Å². The molecule has 2 aliphatic heterocycles. The number of rotatable bonds is 3. The lowest BCUT2D eigenvalue weighted by Gasteiger charge is -2.47. The van der Waals surface area contributed by atoms with Crippen molar-refractivity contribution in [3.8, 4) is 0 Å². The highest BCUT2D eigenvalue weighted by molar-refractivity contribution is 5.81. The smallest absolute Gasteiger partial charge is 0.251 e. The summed E-state index contributed by atoms with van der Waals surface area (Å²) in [5.74, 6) is 0.170. The molecule has 3 aromatic heterocycles. The van der Waals surface area contributed by atoms with Crippen LogP contribution in [0.25, 0.3) is 5.65 Å². The van der Waals surface area contributed by atoms with Gasteiger partial charge in [0.1, 0.15) is 12.4 Å². The van der Waals surface area contributed by atoms with Crippen LogP contribution in [0.5, 0.6) is 0 Å². The minimum absolute atomic E-state index is 0.0347. The second-order valence-electron chi connectivity index (χ2n) is 8.41. The van der Waals surface area contributed by atoms with Gasteiger partial charge in [-0.2, -0.15) is 9.61 Å². The molecule has 3 aromatic rings. The molecule has 156 valence electrons. The molecule has 1 amide bonds. The minimum Gasteiger partial charge on any atom is -0.367 e. The first-order chi connectivity index (χ1) is 14.5. The van der Waals surface area contributed by atoms with Gasteiger partial charge >= 0.3 is 0 Å². The van der Waals surface area contributed by atoms with E-state index in [9.17, 15) is 9.59 Å². The molecule has 0 saturated carbocycles. The molecule has 1 fully saturated rings. The average molecular weight is 407 g/mol. The number of nitrogens with zero attached hydrogens (tertiary/aromatic N) is 7. The van der Waals surface area contributed by atoms with Crippen molar-refractivity contribution in [1.29, 1.82) is 0 Å². The van der Waals surface area contributed by atoms with Crippen LogP contribution >= 0.6 is 0 Å². The Bertz CT molecular complexity index is 1180. The molecule has 0 unspecified atom stereocenters. The predicted molar refractivity (Wildman–Crippen MR) is 112 cm³/mol. The maximum absolute atomic E-state index is 13.1. The summed E-state index contributed by atoms with van der Waals surface area (Å²) in [4.78, 5) is 29.8. The molecule has 1 saturated heterocycles. The molecule has 0 aromatic carbocycles. The number of carbonyl (C=O) groups is 1. The Kier molecular flexibility index (Phi) is 4.34. The highest BCUT2D eigenvalue weighted by Gasteiger charge is 2.44. The Hall–Kier alpha value is -3.23. The molecular weight excluding hydrogens is 382 g/mol. The summed E-state index contributed by atoms with van der Waals surface area (Å²) in [6, 6.07) is 6.91. The minimum atomic E-state index is -0.496. The number of hydrogen-bond donors (Lipinski definition) is 0. The van der Waals surface area contributed by atoms with Crippen LogP contribution in [-0.2, 0) is 11.2 Å². The number of anilines is 1. The number of pyridine rings is 1. The van der Waals surface area contributed by atoms with Crippen LogP contribution in [0.2, 0.25) is 0 Å². The fraction of sp³-hybridized carbons (Fsp3) is 0.476. The summed E-state index contributed by atoms with van der Waals surface area (Å²) in [5, 5.41) is 12.9. The SMILES string of the molecule is CCc1cc(N2C[C@H]3C[C@@H](C2)[C@H](C(=O)N(C)C)n2c3cccc2=O)c2nncn2n1. The summed E-state index contributed by atoms with van der Waals surface area (Å²) >= 11 is 0. The third-order valence-corrected chi connectivity index (χ3v) is 6.34. The van der Waals surface area contributed by atoms with Gasteiger partial charge in [-0.15, -0.1) is 10.2 Å². The molecule has 30 heavy (non-hydrogen) atoms. The van der Waals surface area contributed by atoms with E-state index in [1.165, 1.54) is 0 Å². The number of hydrogen-bond acceptors (Lipinski definition) is 6. The molecule has 0 N–H and O–H groups in total. The molecule has 9 nitrogen and oxygen atoms in total. The number of fused-ring (bicyclic) bond motifs is 5. The van der Waals surface area contributed by atoms with Crippen molar-refractivity contribution in [2.24, 2.45) is 5.92 Å². The van der Waals surface area contributed by atoms with Gasteiger partial charge in [0.05, 0.1) is 11.4 Å².